The van der Waals surface area contributed by atoms with Crippen LogP contribution in [-0.2, 0) is 14.3 Å². The molecule has 8 nitrogen and oxygen atoms in total. The average molecular weight is 726 g/mol. The number of rotatable bonds is 6. The normalized spacial score (nSPS) is 37.5. The van der Waals surface area contributed by atoms with E-state index < -0.39 is 17.7 Å². The number of nitrogens with zero attached hydrogens (tertiary/aromatic N) is 1. The van der Waals surface area contributed by atoms with Crippen LogP contribution in [-0.4, -0.2) is 60.8 Å². The molecule has 0 bridgehead atoms. The van der Waals surface area contributed by atoms with Crippen LogP contribution in [0.25, 0.3) is 0 Å². The van der Waals surface area contributed by atoms with Crippen molar-refractivity contribution >= 4 is 18.0 Å². The first kappa shape index (κ1) is 42.4. The minimum Gasteiger partial charge on any atom is -0.481 e. The van der Waals surface area contributed by atoms with E-state index >= 15 is 0 Å². The summed E-state index contributed by atoms with van der Waals surface area (Å²) in [5.74, 6) is 2.94. The molecule has 0 aromatic carbocycles. The van der Waals surface area contributed by atoms with E-state index in [1.165, 1.54) is 56.1 Å². The lowest BCUT2D eigenvalue weighted by Gasteiger charge is -2.68. The van der Waals surface area contributed by atoms with Gasteiger partial charge >= 0.3 is 12.1 Å². The van der Waals surface area contributed by atoms with Crippen molar-refractivity contribution in [2.45, 2.75) is 151 Å². The summed E-state index contributed by atoms with van der Waals surface area (Å²) in [6, 6.07) is 0. The minimum atomic E-state index is -0.725. The second kappa shape index (κ2) is 16.2. The number of fused-ring (bicyclic) bond motifs is 7. The Balaban J connectivity index is 0.000000537. The number of carboxylic acid groups (broad SMARTS) is 1. The molecule has 4 unspecified atom stereocenters. The summed E-state index contributed by atoms with van der Waals surface area (Å²) in [5.41, 5.74) is 7.90. The second-order valence-electron chi connectivity index (χ2n) is 19.4. The van der Waals surface area contributed by atoms with Gasteiger partial charge in [-0.1, -0.05) is 60.1 Å². The van der Waals surface area contributed by atoms with Gasteiger partial charge in [0.15, 0.2) is 0 Å². The van der Waals surface area contributed by atoms with Crippen LogP contribution in [0.5, 0.6) is 0 Å². The quantitative estimate of drug-likeness (QED) is 0.251. The number of likely N-dealkylation sites (N-methyl/N-ethyl adjacent to an activating group) is 1. The van der Waals surface area contributed by atoms with E-state index in [1.807, 2.05) is 13.8 Å². The summed E-state index contributed by atoms with van der Waals surface area (Å²) in [6.45, 7) is 21.3. The van der Waals surface area contributed by atoms with Crippen LogP contribution in [0.15, 0.2) is 23.3 Å². The van der Waals surface area contributed by atoms with Gasteiger partial charge in [-0.05, 0) is 169 Å². The summed E-state index contributed by atoms with van der Waals surface area (Å²) in [5, 5.41) is 12.9. The van der Waals surface area contributed by atoms with Crippen molar-refractivity contribution in [3.8, 4) is 0 Å². The fourth-order valence-electron chi connectivity index (χ4n) is 12.9. The molecule has 0 radical (unpaired) electrons. The minimum absolute atomic E-state index is 0.115. The van der Waals surface area contributed by atoms with E-state index in [9.17, 15) is 19.5 Å². The SMILES string of the molecule is CC.CC(C)(C)OC(N)=O.CN(C)CCNC(=O)[C@]12CCC[C@@H]1[C@H]1CCC3[C@@](C)(CCC4C(C)(C)C(C5=CCC(C(=O)O)CC5)=CC[C@@]43C)C1CC2. The number of ether oxygens (including phenoxy) is 1. The standard InChI is InChI=1S/C37H58N2O3.C5H11NO2.C2H6/c1-34(2)27(24-9-11-25(12-10-24)32(40)41)15-19-36(4)30(34)17-20-35(3)28-16-21-37(33(42)38-22-23-39(5)6)18-7-8-29(37)26(28)13-14-31(35)36;1-5(2,3)8-4(6)7;1-2/h9,15,25-26,28-31H,7-8,10-14,16-23H2,1-6H3,(H,38,42)(H,40,41);1-3H3,(H2,6,7);1-2H3/t25?,26-,28?,29+,30?,31?,35-,36-,37-;;/m0../s1. The maximum absolute atomic E-state index is 13.8. The van der Waals surface area contributed by atoms with Crippen molar-refractivity contribution in [2.24, 2.45) is 62.9 Å². The van der Waals surface area contributed by atoms with Gasteiger partial charge < -0.3 is 25.8 Å². The Hall–Kier alpha value is -2.35. The average Bonchev–Trinajstić information content (AvgIpc) is 3.50. The van der Waals surface area contributed by atoms with Gasteiger partial charge in [0, 0.05) is 13.1 Å². The van der Waals surface area contributed by atoms with Crippen molar-refractivity contribution in [3.63, 3.8) is 0 Å². The predicted octanol–water partition coefficient (Wildman–Crippen LogP) is 9.38. The number of allylic oxidation sites excluding steroid dienone is 4. The van der Waals surface area contributed by atoms with Crippen LogP contribution in [0.2, 0.25) is 0 Å². The van der Waals surface area contributed by atoms with Crippen LogP contribution in [0.1, 0.15) is 146 Å². The zero-order valence-electron chi connectivity index (χ0n) is 34.8. The van der Waals surface area contributed by atoms with Gasteiger partial charge in [-0.2, -0.15) is 0 Å². The van der Waals surface area contributed by atoms with Crippen molar-refractivity contribution in [1.82, 2.24) is 10.2 Å². The summed E-state index contributed by atoms with van der Waals surface area (Å²) >= 11 is 0. The molecule has 2 amide bonds. The maximum atomic E-state index is 13.8. The van der Waals surface area contributed by atoms with Crippen molar-refractivity contribution in [2.75, 3.05) is 27.2 Å². The molecule has 0 spiro atoms. The van der Waals surface area contributed by atoms with Crippen molar-refractivity contribution in [3.05, 3.63) is 23.3 Å². The number of primary amides is 1. The van der Waals surface area contributed by atoms with Crippen LogP contribution >= 0.6 is 0 Å². The number of nitrogens with one attached hydrogen (secondary N) is 1. The number of carbonyl (C=O) groups excluding carboxylic acids is 2. The Morgan fingerprint density at radius 3 is 2.15 bits per heavy atom. The first-order valence-corrected chi connectivity index (χ1v) is 20.8. The third-order valence-corrected chi connectivity index (χ3v) is 14.9. The monoisotopic (exact) mass is 726 g/mol. The molecule has 4 saturated carbocycles. The van der Waals surface area contributed by atoms with Gasteiger partial charge in [0.1, 0.15) is 5.60 Å². The van der Waals surface area contributed by atoms with Crippen molar-refractivity contribution in [1.29, 1.82) is 0 Å². The Labute approximate surface area is 316 Å². The van der Waals surface area contributed by atoms with Gasteiger partial charge in [0.25, 0.3) is 0 Å². The lowest BCUT2D eigenvalue weighted by atomic mass is 9.36. The van der Waals surface area contributed by atoms with E-state index in [0.29, 0.717) is 40.9 Å². The fourth-order valence-corrected chi connectivity index (χ4v) is 12.9. The highest BCUT2D eigenvalue weighted by atomic mass is 16.6. The first-order chi connectivity index (χ1) is 24.3. The van der Waals surface area contributed by atoms with Crippen LogP contribution in [0.4, 0.5) is 4.79 Å². The molecular weight excluding hydrogens is 651 g/mol. The molecule has 6 aliphatic rings. The summed E-state index contributed by atoms with van der Waals surface area (Å²) < 4.78 is 4.58. The maximum Gasteiger partial charge on any atom is 0.405 e. The van der Waals surface area contributed by atoms with Gasteiger partial charge in [-0.25, -0.2) is 4.79 Å². The van der Waals surface area contributed by atoms with E-state index in [2.05, 4.69) is 68.9 Å². The molecular formula is C44H75N3O5. The Morgan fingerprint density at radius 2 is 1.60 bits per heavy atom. The smallest absolute Gasteiger partial charge is 0.405 e. The molecule has 6 aliphatic carbocycles. The number of nitrogens with two attached hydrogens (primary N) is 1. The molecule has 0 aliphatic heterocycles. The zero-order valence-corrected chi connectivity index (χ0v) is 34.8. The van der Waals surface area contributed by atoms with E-state index in [4.69, 9.17) is 5.73 Å². The topological polar surface area (TPSA) is 122 Å². The summed E-state index contributed by atoms with van der Waals surface area (Å²) in [4.78, 5) is 37.5. The number of carboxylic acids is 1. The molecule has 0 aromatic rings. The number of carbonyl (C=O) groups is 3. The predicted molar refractivity (Wildman–Crippen MR) is 211 cm³/mol. The number of aliphatic carboxylic acids is 1. The molecule has 0 aromatic heterocycles. The Bertz CT molecular complexity index is 1360. The van der Waals surface area contributed by atoms with Gasteiger partial charge in [0.2, 0.25) is 5.91 Å². The molecule has 296 valence electrons. The number of hydrogen-bond acceptors (Lipinski definition) is 5. The van der Waals surface area contributed by atoms with E-state index in [1.54, 1.807) is 20.8 Å². The van der Waals surface area contributed by atoms with Crippen molar-refractivity contribution < 1.29 is 24.2 Å². The largest absolute Gasteiger partial charge is 0.481 e. The van der Waals surface area contributed by atoms with Crippen LogP contribution < -0.4 is 11.1 Å². The number of hydrogen-bond donors (Lipinski definition) is 3. The molecule has 0 heterocycles. The number of amides is 2. The summed E-state index contributed by atoms with van der Waals surface area (Å²) in [6.07, 6.45) is 18.8. The van der Waals surface area contributed by atoms with E-state index in [0.717, 1.165) is 57.0 Å². The highest BCUT2D eigenvalue weighted by molar-refractivity contribution is 5.83. The zero-order chi connectivity index (χ0) is 38.9. The molecule has 52 heavy (non-hydrogen) atoms. The first-order valence-electron chi connectivity index (χ1n) is 20.8. The Morgan fingerprint density at radius 1 is 0.904 bits per heavy atom. The molecule has 6 rings (SSSR count). The molecule has 0 saturated heterocycles. The van der Waals surface area contributed by atoms with Crippen LogP contribution in [0, 0.1) is 57.2 Å². The molecule has 8 heteroatoms. The lowest BCUT2D eigenvalue weighted by molar-refractivity contribution is -0.183. The lowest BCUT2D eigenvalue weighted by Crippen LogP contribution is -2.62. The van der Waals surface area contributed by atoms with E-state index in [-0.39, 0.29) is 16.7 Å². The molecule has 4 N–H and O–H groups in total. The summed E-state index contributed by atoms with van der Waals surface area (Å²) in [7, 11) is 4.16. The second-order valence-corrected chi connectivity index (χ2v) is 19.4. The van der Waals surface area contributed by atoms with Crippen LogP contribution in [0.3, 0.4) is 0 Å². The third-order valence-electron chi connectivity index (χ3n) is 14.9. The van der Waals surface area contributed by atoms with Gasteiger partial charge in [0.05, 0.1) is 11.3 Å². The Kier molecular flexibility index (Phi) is 13.2. The van der Waals surface area contributed by atoms with Gasteiger partial charge in [-0.3, -0.25) is 9.59 Å². The van der Waals surface area contributed by atoms with Gasteiger partial charge in [-0.15, -0.1) is 0 Å². The molecule has 9 atom stereocenters. The highest BCUT2D eigenvalue weighted by Gasteiger charge is 2.66. The highest BCUT2D eigenvalue weighted by Crippen LogP contribution is 2.73. The fraction of sp³-hybridized carbons (Fsp3) is 0.841. The third kappa shape index (κ3) is 8.17. The molecule has 4 fully saturated rings.